The van der Waals surface area contributed by atoms with Crippen molar-refractivity contribution in [3.05, 3.63) is 21.9 Å². The molecule has 0 saturated carbocycles. The number of fused-ring (bicyclic) bond motifs is 3. The first kappa shape index (κ1) is 11.4. The van der Waals surface area contributed by atoms with Gasteiger partial charge in [0.2, 0.25) is 0 Å². The van der Waals surface area contributed by atoms with Gasteiger partial charge in [0.05, 0.1) is 11.5 Å². The zero-order valence-corrected chi connectivity index (χ0v) is 11.1. The maximum atomic E-state index is 6.16. The average molecular weight is 269 g/mol. The van der Waals surface area contributed by atoms with Gasteiger partial charge in [-0.05, 0) is 25.3 Å². The van der Waals surface area contributed by atoms with Crippen LogP contribution in [0.3, 0.4) is 0 Å². The van der Waals surface area contributed by atoms with Crippen LogP contribution in [0.1, 0.15) is 23.8 Å². The minimum atomic E-state index is 0.354. The van der Waals surface area contributed by atoms with Crippen molar-refractivity contribution in [2.75, 3.05) is 6.61 Å². The summed E-state index contributed by atoms with van der Waals surface area (Å²) < 4.78 is 5.70. The third-order valence-corrected chi connectivity index (χ3v) is 4.61. The SMILES string of the molecule is CCO[C@H]1CCc2c(sc3ncnc(Cl)c23)C1. The number of hydrogen-bond donors (Lipinski definition) is 0. The van der Waals surface area contributed by atoms with E-state index >= 15 is 0 Å². The Hall–Kier alpha value is -0.710. The predicted octanol–water partition coefficient (Wildman–Crippen LogP) is 3.24. The molecule has 0 unspecified atom stereocenters. The lowest BCUT2D eigenvalue weighted by Gasteiger charge is -2.21. The normalized spacial score (nSPS) is 19.5. The van der Waals surface area contributed by atoms with Crippen LogP contribution in [-0.2, 0) is 17.6 Å². The number of nitrogens with zero attached hydrogens (tertiary/aromatic N) is 2. The van der Waals surface area contributed by atoms with E-state index < -0.39 is 0 Å². The van der Waals surface area contributed by atoms with Crippen LogP contribution in [0.5, 0.6) is 0 Å². The molecule has 1 aliphatic rings. The molecule has 3 rings (SSSR count). The largest absolute Gasteiger partial charge is 0.378 e. The van der Waals surface area contributed by atoms with E-state index in [1.54, 1.807) is 11.3 Å². The zero-order chi connectivity index (χ0) is 11.8. The quantitative estimate of drug-likeness (QED) is 0.785. The van der Waals surface area contributed by atoms with Gasteiger partial charge in [0.1, 0.15) is 16.3 Å². The van der Waals surface area contributed by atoms with Gasteiger partial charge < -0.3 is 4.74 Å². The van der Waals surface area contributed by atoms with Crippen LogP contribution in [-0.4, -0.2) is 22.7 Å². The molecule has 0 aliphatic heterocycles. The van der Waals surface area contributed by atoms with Crippen molar-refractivity contribution < 1.29 is 4.74 Å². The fourth-order valence-corrected chi connectivity index (χ4v) is 3.97. The number of halogens is 1. The molecule has 90 valence electrons. The van der Waals surface area contributed by atoms with Crippen LogP contribution in [0.2, 0.25) is 5.15 Å². The van der Waals surface area contributed by atoms with Crippen molar-refractivity contribution in [1.29, 1.82) is 0 Å². The van der Waals surface area contributed by atoms with E-state index in [-0.39, 0.29) is 0 Å². The van der Waals surface area contributed by atoms with E-state index in [1.807, 2.05) is 6.92 Å². The molecule has 0 amide bonds. The fourth-order valence-electron chi connectivity index (χ4n) is 2.42. The lowest BCUT2D eigenvalue weighted by atomic mass is 9.95. The van der Waals surface area contributed by atoms with E-state index in [4.69, 9.17) is 16.3 Å². The van der Waals surface area contributed by atoms with Gasteiger partial charge in [-0.25, -0.2) is 9.97 Å². The Bertz CT molecular complexity index is 555. The number of rotatable bonds is 2. The van der Waals surface area contributed by atoms with Crippen molar-refractivity contribution in [2.45, 2.75) is 32.3 Å². The summed E-state index contributed by atoms with van der Waals surface area (Å²) >= 11 is 7.89. The van der Waals surface area contributed by atoms with Crippen LogP contribution in [0.4, 0.5) is 0 Å². The monoisotopic (exact) mass is 268 g/mol. The van der Waals surface area contributed by atoms with Crippen LogP contribution >= 0.6 is 22.9 Å². The third-order valence-electron chi connectivity index (χ3n) is 3.16. The summed E-state index contributed by atoms with van der Waals surface area (Å²) in [4.78, 5) is 10.7. The summed E-state index contributed by atoms with van der Waals surface area (Å²) in [5.74, 6) is 0. The maximum absolute atomic E-state index is 6.16. The Morgan fingerprint density at radius 1 is 1.53 bits per heavy atom. The van der Waals surface area contributed by atoms with E-state index in [0.29, 0.717) is 11.3 Å². The number of aryl methyl sites for hydroxylation is 1. The van der Waals surface area contributed by atoms with Gasteiger partial charge in [-0.1, -0.05) is 11.6 Å². The first-order valence-electron chi connectivity index (χ1n) is 5.82. The Kier molecular flexibility index (Phi) is 3.03. The molecule has 0 aromatic carbocycles. The van der Waals surface area contributed by atoms with Crippen molar-refractivity contribution in [2.24, 2.45) is 0 Å². The highest BCUT2D eigenvalue weighted by atomic mass is 35.5. The molecular formula is C12H13ClN2OS. The second-order valence-corrected chi connectivity index (χ2v) is 5.61. The molecule has 0 fully saturated rings. The highest BCUT2D eigenvalue weighted by Gasteiger charge is 2.24. The summed E-state index contributed by atoms with van der Waals surface area (Å²) in [6, 6.07) is 0. The summed E-state index contributed by atoms with van der Waals surface area (Å²) in [6.45, 7) is 2.83. The molecule has 0 spiro atoms. The van der Waals surface area contributed by atoms with Crippen LogP contribution < -0.4 is 0 Å². The molecule has 1 atom stereocenters. The first-order valence-corrected chi connectivity index (χ1v) is 7.01. The maximum Gasteiger partial charge on any atom is 0.141 e. The topological polar surface area (TPSA) is 35.0 Å². The summed E-state index contributed by atoms with van der Waals surface area (Å²) in [6.07, 6.45) is 4.96. The Balaban J connectivity index is 2.05. The van der Waals surface area contributed by atoms with Crippen molar-refractivity contribution >= 4 is 33.2 Å². The summed E-state index contributed by atoms with van der Waals surface area (Å²) in [5, 5.41) is 1.64. The molecule has 17 heavy (non-hydrogen) atoms. The molecule has 0 bridgehead atoms. The average Bonchev–Trinajstić information content (AvgIpc) is 2.68. The number of thiophene rings is 1. The summed E-state index contributed by atoms with van der Waals surface area (Å²) in [5.41, 5.74) is 1.34. The Morgan fingerprint density at radius 3 is 3.24 bits per heavy atom. The number of aromatic nitrogens is 2. The second kappa shape index (κ2) is 4.52. The van der Waals surface area contributed by atoms with Crippen molar-refractivity contribution in [1.82, 2.24) is 9.97 Å². The minimum absolute atomic E-state index is 0.354. The molecule has 0 N–H and O–H groups in total. The molecule has 2 heterocycles. The molecule has 2 aromatic rings. The highest BCUT2D eigenvalue weighted by Crippen LogP contribution is 2.38. The summed E-state index contributed by atoms with van der Waals surface area (Å²) in [7, 11) is 0. The molecule has 2 aromatic heterocycles. The van der Waals surface area contributed by atoms with Crippen LogP contribution in [0.15, 0.2) is 6.33 Å². The van der Waals surface area contributed by atoms with E-state index in [9.17, 15) is 0 Å². The smallest absolute Gasteiger partial charge is 0.141 e. The molecule has 0 radical (unpaired) electrons. The van der Waals surface area contributed by atoms with Gasteiger partial charge in [-0.2, -0.15) is 0 Å². The molecule has 0 saturated heterocycles. The van der Waals surface area contributed by atoms with Gasteiger partial charge in [-0.15, -0.1) is 11.3 Å². The highest BCUT2D eigenvalue weighted by molar-refractivity contribution is 7.19. The van der Waals surface area contributed by atoms with Gasteiger partial charge in [0.25, 0.3) is 0 Å². The predicted molar refractivity (Wildman–Crippen MR) is 69.9 cm³/mol. The Morgan fingerprint density at radius 2 is 2.41 bits per heavy atom. The van der Waals surface area contributed by atoms with E-state index in [2.05, 4.69) is 9.97 Å². The first-order chi connectivity index (χ1) is 8.29. The molecule has 5 heteroatoms. The molecule has 3 nitrogen and oxygen atoms in total. The fraction of sp³-hybridized carbons (Fsp3) is 0.500. The van der Waals surface area contributed by atoms with Crippen molar-refractivity contribution in [3.8, 4) is 0 Å². The van der Waals surface area contributed by atoms with Crippen LogP contribution in [0, 0.1) is 0 Å². The van der Waals surface area contributed by atoms with Gasteiger partial charge in [-0.3, -0.25) is 0 Å². The van der Waals surface area contributed by atoms with Crippen molar-refractivity contribution in [3.63, 3.8) is 0 Å². The number of hydrogen-bond acceptors (Lipinski definition) is 4. The standard InChI is InChI=1S/C12H13ClN2OS/c1-2-16-7-3-4-8-9(5-7)17-12-10(8)11(13)14-6-15-12/h6-7H,2-5H2,1H3/t7-/m0/s1. The number of ether oxygens (including phenoxy) is 1. The minimum Gasteiger partial charge on any atom is -0.378 e. The Labute approximate surface area is 109 Å². The van der Waals surface area contributed by atoms with Gasteiger partial charge in [0, 0.05) is 17.9 Å². The lowest BCUT2D eigenvalue weighted by Crippen LogP contribution is -2.21. The van der Waals surface area contributed by atoms with E-state index in [0.717, 1.165) is 36.1 Å². The van der Waals surface area contributed by atoms with E-state index in [1.165, 1.54) is 16.8 Å². The zero-order valence-electron chi connectivity index (χ0n) is 9.57. The molecular weight excluding hydrogens is 256 g/mol. The van der Waals surface area contributed by atoms with Crippen LogP contribution in [0.25, 0.3) is 10.2 Å². The third kappa shape index (κ3) is 1.94. The second-order valence-electron chi connectivity index (χ2n) is 4.17. The lowest BCUT2D eigenvalue weighted by molar-refractivity contribution is 0.0544. The molecule has 1 aliphatic carbocycles. The van der Waals surface area contributed by atoms with Gasteiger partial charge in [0.15, 0.2) is 0 Å². The van der Waals surface area contributed by atoms with Gasteiger partial charge >= 0.3 is 0 Å².